The van der Waals surface area contributed by atoms with Crippen molar-refractivity contribution in [2.75, 3.05) is 100 Å². The van der Waals surface area contributed by atoms with Crippen LogP contribution >= 0.6 is 12.2 Å². The van der Waals surface area contributed by atoms with Crippen LogP contribution in [0.3, 0.4) is 0 Å². The lowest BCUT2D eigenvalue weighted by atomic mass is 10.1. The average molecular weight is 2140 g/mol. The van der Waals surface area contributed by atoms with Crippen molar-refractivity contribution >= 4 is 150 Å². The third-order valence-electron chi connectivity index (χ3n) is 24.8. The third kappa shape index (κ3) is 20.3. The Bertz CT molecular complexity index is 7400. The predicted molar refractivity (Wildman–Crippen MR) is 503 cm³/mol. The number of aliphatic imine (C=N–C) groups is 3. The number of rotatable bonds is 17. The van der Waals surface area contributed by atoms with Crippen LogP contribution in [0.1, 0.15) is 44.3 Å². The number of aliphatic hydroxyl groups is 21. The van der Waals surface area contributed by atoms with Crippen LogP contribution in [0.4, 0.5) is 40.4 Å². The van der Waals surface area contributed by atoms with Gasteiger partial charge < -0.3 is 183 Å². The number of aryl methyl sites for hydroxylation is 1. The number of nitrogens with one attached hydrogen (secondary N) is 5. The lowest BCUT2D eigenvalue weighted by Crippen LogP contribution is -2.50. The quantitative estimate of drug-likeness (QED) is 0.0376. The van der Waals surface area contributed by atoms with Gasteiger partial charge in [0, 0.05) is 49.2 Å². The summed E-state index contributed by atoms with van der Waals surface area (Å²) < 4.78 is 49.6. The molecule has 0 aliphatic carbocycles. The summed E-state index contributed by atoms with van der Waals surface area (Å²) in [6.45, 7) is -1.89. The molecule has 812 valence electrons. The van der Waals surface area contributed by atoms with E-state index >= 15 is 0 Å². The summed E-state index contributed by atoms with van der Waals surface area (Å²) in [5, 5.41) is 208. The number of carbonyl (C=O) groups is 3. The van der Waals surface area contributed by atoms with E-state index in [0.29, 0.717) is 32.9 Å². The number of aromatic amines is 3. The Kier molecular flexibility index (Phi) is 32.7. The average Bonchev–Trinajstić information content (AvgIpc) is 1.56. The number of nitrogens with zero attached hydrogens (tertiary/aromatic N) is 26. The molecule has 150 heavy (non-hydrogen) atoms. The molecule has 0 saturated carbocycles. The second-order valence-corrected chi connectivity index (χ2v) is 34.8. The highest BCUT2D eigenvalue weighted by Crippen LogP contribution is 2.39. The van der Waals surface area contributed by atoms with E-state index in [0.717, 1.165) is 18.6 Å². The zero-order valence-corrected chi connectivity index (χ0v) is 79.8. The maximum absolute atomic E-state index is 12.3. The number of guanidine groups is 1. The minimum atomic E-state index is -1.50. The topological polar surface area (TPSA) is 1040 Å². The predicted octanol–water partition coefficient (Wildman–Crippen LogP) is -16.8. The highest BCUT2D eigenvalue weighted by molar-refractivity contribution is 7.71. The number of anilines is 6. The Morgan fingerprint density at radius 2 is 0.787 bits per heavy atom. The van der Waals surface area contributed by atoms with Crippen LogP contribution in [-0.4, -0.2) is 465 Å². The van der Waals surface area contributed by atoms with Gasteiger partial charge >= 0.3 is 17.6 Å². The van der Waals surface area contributed by atoms with Gasteiger partial charge in [-0.2, -0.15) is 39.9 Å². The molecular weight excluding hydrogens is 2040 g/mol. The van der Waals surface area contributed by atoms with Gasteiger partial charge in [-0.05, 0) is 0 Å². The maximum Gasteiger partial charge on any atom is 0.352 e. The monoisotopic (exact) mass is 2140 g/mol. The minimum Gasteiger partial charge on any atom is -0.394 e. The molecule has 0 aromatic carbocycles. The zero-order valence-electron chi connectivity index (χ0n) is 78.9. The molecule has 0 bridgehead atoms. The van der Waals surface area contributed by atoms with Crippen molar-refractivity contribution in [1.29, 1.82) is 0 Å². The van der Waals surface area contributed by atoms with Crippen molar-refractivity contribution in [1.82, 2.24) is 121 Å². The Hall–Kier alpha value is -14.2. The van der Waals surface area contributed by atoms with Gasteiger partial charge in [0.05, 0.1) is 77.9 Å². The maximum atomic E-state index is 12.3. The number of aromatic nitrogens is 24. The fourth-order valence-corrected chi connectivity index (χ4v) is 17.0. The van der Waals surface area contributed by atoms with Crippen LogP contribution < -0.4 is 66.4 Å². The van der Waals surface area contributed by atoms with E-state index in [9.17, 15) is 110 Å². The lowest BCUT2D eigenvalue weighted by Gasteiger charge is -2.26. The van der Waals surface area contributed by atoms with Crippen LogP contribution in [-0.2, 0) is 63.9 Å². The molecular formula is C78H103N35O36S. The molecule has 0 unspecified atom stereocenters. The van der Waals surface area contributed by atoms with Crippen molar-refractivity contribution in [2.45, 2.75) is 179 Å². The Labute approximate surface area is 837 Å². The summed E-state index contributed by atoms with van der Waals surface area (Å²) in [6, 6.07) is -0.906. The first-order valence-electron chi connectivity index (χ1n) is 44.6. The second-order valence-electron chi connectivity index (χ2n) is 34.4. The summed E-state index contributed by atoms with van der Waals surface area (Å²) in [5.74, 6) is -0.921. The van der Waals surface area contributed by atoms with Gasteiger partial charge in [-0.1, -0.05) is 12.2 Å². The highest BCUT2D eigenvalue weighted by atomic mass is 32.1. The van der Waals surface area contributed by atoms with E-state index < -0.39 is 258 Å². The molecule has 34 N–H and O–H groups in total. The number of hydrogen-bond donors (Lipinski definition) is 30. The molecule has 12 aromatic rings. The Morgan fingerprint density at radius 3 is 1.21 bits per heavy atom. The summed E-state index contributed by atoms with van der Waals surface area (Å²) in [7, 11) is 9.53. The zero-order chi connectivity index (χ0) is 109. The van der Waals surface area contributed by atoms with E-state index in [1.165, 1.54) is 86.4 Å². The second kappa shape index (κ2) is 44.5. The van der Waals surface area contributed by atoms with Crippen LogP contribution in [0.2, 0.25) is 0 Å². The number of nitrogens with two attached hydrogens (primary N) is 4. The number of carbonyl (C=O) groups excluding carboxylic acids is 3. The molecule has 9 aliphatic rings. The lowest BCUT2D eigenvalue weighted by molar-refractivity contribution is -0.114. The van der Waals surface area contributed by atoms with Crippen molar-refractivity contribution in [3.63, 3.8) is 0 Å². The molecule has 7 saturated heterocycles. The van der Waals surface area contributed by atoms with Gasteiger partial charge in [-0.3, -0.25) is 75.7 Å². The number of hydrogen-bond acceptors (Lipinski definition) is 56. The van der Waals surface area contributed by atoms with E-state index in [1.807, 2.05) is 0 Å². The van der Waals surface area contributed by atoms with Gasteiger partial charge in [-0.15, -0.1) is 0 Å². The number of amidine groups is 1. The number of imidazole rings is 6. The normalized spacial score (nSPS) is 29.8. The van der Waals surface area contributed by atoms with Crippen LogP contribution in [0.15, 0.2) is 76.9 Å². The number of urea groups is 1. The summed E-state index contributed by atoms with van der Waals surface area (Å²) in [5.41, 5.74) is 21.6. The molecule has 28 atom stereocenters. The van der Waals surface area contributed by atoms with Crippen molar-refractivity contribution in [3.8, 4) is 0 Å². The van der Waals surface area contributed by atoms with Crippen molar-refractivity contribution in [3.05, 3.63) is 94.5 Å². The van der Waals surface area contributed by atoms with E-state index in [-0.39, 0.29) is 97.7 Å². The first-order chi connectivity index (χ1) is 71.2. The summed E-state index contributed by atoms with van der Waals surface area (Å²) >= 11 is 5.24. The molecule has 21 heterocycles. The number of ether oxygens (including phenoxy) is 7. The van der Waals surface area contributed by atoms with Gasteiger partial charge in [0.2, 0.25) is 41.6 Å². The Morgan fingerprint density at radius 1 is 0.413 bits per heavy atom. The van der Waals surface area contributed by atoms with Crippen molar-refractivity contribution < 1.29 is 155 Å². The summed E-state index contributed by atoms with van der Waals surface area (Å²) in [4.78, 5) is 164. The van der Waals surface area contributed by atoms with E-state index in [4.69, 9.17) is 104 Å². The summed E-state index contributed by atoms with van der Waals surface area (Å²) in [6.07, 6.45) is -24.4. The molecule has 12 aromatic heterocycles. The van der Waals surface area contributed by atoms with Gasteiger partial charge in [-0.25, -0.2) is 53.9 Å². The molecule has 4 amide bonds. The minimum absolute atomic E-state index is 0.0130. The molecule has 7 fully saturated rings. The number of H-pyrrole nitrogens is 3. The fraction of sp³-hybridized carbons (Fsp3) is 0.538. The first kappa shape index (κ1) is 110. The fourth-order valence-electron chi connectivity index (χ4n) is 16.8. The van der Waals surface area contributed by atoms with Gasteiger partial charge in [0.1, 0.15) is 145 Å². The van der Waals surface area contributed by atoms with E-state index in [2.05, 4.69) is 100 Å². The number of aliphatic hydroxyl groups excluding tert-OH is 21. The van der Waals surface area contributed by atoms with Crippen LogP contribution in [0, 0.1) is 4.64 Å². The number of nitrogen functional groups attached to an aromatic ring is 3. The molecule has 0 spiro atoms. The molecule has 21 rings (SSSR count). The van der Waals surface area contributed by atoms with Gasteiger partial charge in [0.15, 0.2) is 122 Å². The third-order valence-corrected chi connectivity index (χ3v) is 25.3. The SMILES string of the molecule is CC(=O)Nc1ncnc2c1ncn2[C@@H]1O[C@H](CO)[C@@H](O)[C@H]1O.CN(C)c1nc2c(ncn2[C@@H]2O[C@H](CO)[C@@H](O)[C@H]2O)c(=O)[nH]1.CNc1nc2c(ncn2[C@@H]2O[C@H](CO)[C@@H](O)[C@H]2O)c(=O)[nH]1.Cn1c(=O)n([C@@H]2O[C@H](CO)[C@@H](O)[C@H]2O)c2nc(N)[nH]c(=O)c21.Cn1c(N)nc2c(ncn2[C@@H]2O[C@H](CO)[C@@H](O)[C@H]2O)c1=O.Cn1c(N)nc2c(ncn2[C@@H]2O[C@H](CO)[C@@H](O)[C@H]2O)c1=S.NC1=NC(=O)C2=NC(=O)N([C@@H]3O[C@H](CO)[C@@H](O)[C@H]3O)C2=N1. The Balaban J connectivity index is 0.000000131. The number of amides is 4. The van der Waals surface area contributed by atoms with Crippen LogP contribution in [0.5, 0.6) is 0 Å². The van der Waals surface area contributed by atoms with Gasteiger partial charge in [0.25, 0.3) is 22.2 Å². The smallest absolute Gasteiger partial charge is 0.352 e. The largest absolute Gasteiger partial charge is 0.394 e. The molecule has 0 radical (unpaired) electrons. The van der Waals surface area contributed by atoms with E-state index in [1.54, 1.807) is 33.1 Å². The first-order valence-corrected chi connectivity index (χ1v) is 45.0. The number of fused-ring (bicyclic) bond motifs is 7. The van der Waals surface area contributed by atoms with Crippen LogP contribution in [0.25, 0.3) is 67.0 Å². The molecule has 71 nitrogen and oxygen atoms in total. The highest BCUT2D eigenvalue weighted by Gasteiger charge is 2.54. The van der Waals surface area contributed by atoms with Crippen molar-refractivity contribution in [2.24, 2.45) is 41.9 Å². The molecule has 72 heteroatoms. The standard InChI is InChI=1S/C12H17N5O5.C12H15N5O5.C11H15N5O6.2C11H15N5O5.C11H15N5O4S.C10H11N5O6/c1-16(2)12-14-9-6(10(21)15-12)13-4-17(9)11-8(20)7(19)5(3-18)22-11;1-5(19)16-10-7-11(14-3-13-10)17(4-15-7)12-9(21)8(20)6(2-18)22-12;1-15-4-7(13-10(12)14-8(4)20)16(11(15)21)9-6(19)5(18)3(2-17)22-9;1-15-9(20)5-8(14-11(15)12)16(3-13-5)10-7(19)6(18)4(2-17)21-10;1-12-11-14-8-5(9(20)15-11)13-3-16(8)10-7(19)6(18)4(2-17)21-10;1-15-10(21)5-8(14-11(15)12)16(3-13-5)9-7(19)6(18)4(2-17)20-9;11-9-13-6-3(7(19)14-9)12-10(20)15(6)8-5(18)4(17)2(1-16)21-8/h4-5,7-8,11,18-20H,3H2,1-2H3,(H,14,15,21);3-4,6,8-9,12,18,20-21H,2H2,1H3,(H,13,14,16,19);3,5-6,9,17-19H,2H2,1H3,(H3,12,13,14,20);3-4,6-7,10,17-19H,2H2,1H3,(H2,12,14);3-4,6-7,10,17-19H,2H2,1H3,(H2,12,14,15,20);3-4,6-7,9,17-19H,2H2,1H3,(H2,12,14);2,4-5,8,16-18H,1H2,(H2,11,14,19)/t5-,7-,8-,11-;6-,8-,9-,12-;3-,5-,6-,9-;2*4-,6-,7-,10-;4-,6-,7-,9-;2-,4-,5-,8-/m1111111/s1. The molecule has 9 aliphatic heterocycles.